The van der Waals surface area contributed by atoms with E-state index < -0.39 is 213 Å². The Hall–Kier alpha value is -7.78. The largest absolute Gasteiger partial charge is 0.457 e. The van der Waals surface area contributed by atoms with E-state index in [1.807, 2.05) is 146 Å². The van der Waals surface area contributed by atoms with Gasteiger partial charge in [0.1, 0.15) is 18.8 Å². The van der Waals surface area contributed by atoms with Crippen molar-refractivity contribution < 1.29 is 109 Å². The van der Waals surface area contributed by atoms with Gasteiger partial charge in [-0.3, -0.25) is 19.2 Å². The van der Waals surface area contributed by atoms with Crippen LogP contribution in [0.25, 0.3) is 31.3 Å². The first-order chi connectivity index (χ1) is 53.8. The van der Waals surface area contributed by atoms with Crippen LogP contribution in [0.4, 0.5) is 4.79 Å². The van der Waals surface area contributed by atoms with E-state index in [0.29, 0.717) is 51.6 Å². The van der Waals surface area contributed by atoms with E-state index in [4.69, 9.17) is 85.3 Å². The first kappa shape index (κ1) is 88.2. The molecule has 6 aliphatic heterocycles. The van der Waals surface area contributed by atoms with Crippen molar-refractivity contribution in [3.63, 3.8) is 0 Å². The van der Waals surface area contributed by atoms with Gasteiger partial charge in [-0.1, -0.05) is 169 Å². The van der Waals surface area contributed by atoms with Crippen LogP contribution < -0.4 is 0 Å². The Morgan fingerprint density at radius 3 is 1.26 bits per heavy atom. The number of carbonyl (C=O) groups excluding carboxylic acids is 5. The summed E-state index contributed by atoms with van der Waals surface area (Å²) in [6.45, 7) is 26.4. The fourth-order valence-corrected chi connectivity index (χ4v) is 15.7. The van der Waals surface area contributed by atoms with Crippen molar-refractivity contribution in [1.82, 2.24) is 4.90 Å². The number of rotatable bonds is 34. The lowest BCUT2D eigenvalue weighted by molar-refractivity contribution is -0.376. The molecule has 33 heteroatoms. The van der Waals surface area contributed by atoms with Crippen LogP contribution in [0.15, 0.2) is 106 Å². The van der Waals surface area contributed by atoms with E-state index in [1.165, 1.54) is 27.7 Å². The first-order valence-electron chi connectivity index (χ1n) is 39.1. The lowest BCUT2D eigenvalue weighted by atomic mass is 9.85. The number of hydrogen-bond acceptors (Lipinski definition) is 26. The maximum atomic E-state index is 13.5. The van der Waals surface area contributed by atoms with Gasteiger partial charge in [0.2, 0.25) is 6.29 Å². The van der Waals surface area contributed by atoms with Crippen molar-refractivity contribution in [2.24, 2.45) is 50.9 Å². The second kappa shape index (κ2) is 42.5. The average molecular weight is 1570 g/mol. The number of esters is 4. The SMILES string of the molecule is CCC1O[C@H](O[C@H]2C(C)C(OC(C)=O)[C@H](O[C@H]3C(C)C(N=[N+]=[N-])[C@@H](OCCCCCN(Cc4ccccc4)C(=O)OCc4ccccc4)O[C@H]3CC)O[C@H]2C)C(N=[N+]=[N-])[C@@H](C)[C@@H]1O[C@@H]1OC(C)[C@@H](O[C@H]2O[C@@H](CC)[C@@H](O[C@@H]3O[C@@H](OC(C)=O)[C@@H](C)C(C)C3OC(C)=O)C(C)C2N=[N+]=[N-])[C@@H](OCc2ccccc2)C1OC(C)=O. The lowest BCUT2D eigenvalue weighted by Gasteiger charge is -2.52. The molecule has 1 amide bonds. The van der Waals surface area contributed by atoms with Crippen LogP contribution in [0.1, 0.15) is 159 Å². The quantitative estimate of drug-likeness (QED) is 0.0134. The van der Waals surface area contributed by atoms with Gasteiger partial charge < -0.3 is 90.2 Å². The topological polar surface area (TPSA) is 401 Å². The zero-order valence-corrected chi connectivity index (χ0v) is 66.6. The van der Waals surface area contributed by atoms with Gasteiger partial charge >= 0.3 is 30.0 Å². The van der Waals surface area contributed by atoms with E-state index in [9.17, 15) is 40.6 Å². The summed E-state index contributed by atoms with van der Waals surface area (Å²) < 4.78 is 117. The Kier molecular flexibility index (Phi) is 33.5. The van der Waals surface area contributed by atoms with E-state index in [0.717, 1.165) is 16.7 Å². The Bertz CT molecular complexity index is 3640. The first-order valence-corrected chi connectivity index (χ1v) is 39.1. The molecular formula is C79H112N10O23. The molecule has 6 aliphatic rings. The third kappa shape index (κ3) is 22.8. The molecule has 0 spiro atoms. The normalized spacial score (nSPS) is 35.9. The molecule has 3 aromatic rings. The second-order valence-electron chi connectivity index (χ2n) is 29.9. The maximum absolute atomic E-state index is 13.5. The minimum atomic E-state index is -1.40. The van der Waals surface area contributed by atoms with Crippen LogP contribution in [-0.4, -0.2) is 196 Å². The van der Waals surface area contributed by atoms with Gasteiger partial charge in [-0.2, -0.15) is 0 Å². The van der Waals surface area contributed by atoms with Crippen molar-refractivity contribution in [3.8, 4) is 0 Å². The Labute approximate surface area is 654 Å². The molecule has 112 heavy (non-hydrogen) atoms. The zero-order valence-electron chi connectivity index (χ0n) is 66.6. The number of unbranched alkanes of at least 4 members (excludes halogenated alkanes) is 2. The van der Waals surface area contributed by atoms with Gasteiger partial charge in [0, 0.05) is 79.9 Å². The van der Waals surface area contributed by atoms with Gasteiger partial charge in [0.05, 0.1) is 79.7 Å². The Morgan fingerprint density at radius 1 is 0.384 bits per heavy atom. The highest BCUT2D eigenvalue weighted by Crippen LogP contribution is 2.45. The molecule has 0 aromatic heterocycles. The number of azide groups is 3. The summed E-state index contributed by atoms with van der Waals surface area (Å²) >= 11 is 0. The van der Waals surface area contributed by atoms with Crippen LogP contribution in [0.2, 0.25) is 0 Å². The van der Waals surface area contributed by atoms with Crippen LogP contribution in [0.3, 0.4) is 0 Å². The molecule has 0 radical (unpaired) electrons. The van der Waals surface area contributed by atoms with Crippen molar-refractivity contribution in [3.05, 3.63) is 139 Å². The predicted molar refractivity (Wildman–Crippen MR) is 399 cm³/mol. The molecule has 0 N–H and O–H groups in total. The Morgan fingerprint density at radius 2 is 0.786 bits per heavy atom. The van der Waals surface area contributed by atoms with Gasteiger partial charge in [0.15, 0.2) is 56.1 Å². The smallest absolute Gasteiger partial charge is 0.410 e. The van der Waals surface area contributed by atoms with Gasteiger partial charge in [-0.15, -0.1) is 0 Å². The monoisotopic (exact) mass is 1570 g/mol. The Balaban J connectivity index is 0.873. The maximum Gasteiger partial charge on any atom is 0.410 e. The molecule has 616 valence electrons. The number of benzene rings is 3. The van der Waals surface area contributed by atoms with Gasteiger partial charge in [-0.05, 0) is 103 Å². The lowest BCUT2D eigenvalue weighted by Crippen LogP contribution is -2.65. The van der Waals surface area contributed by atoms with Crippen LogP contribution in [-0.2, 0) is 124 Å². The third-order valence-electron chi connectivity index (χ3n) is 21.9. The highest BCUT2D eigenvalue weighted by Gasteiger charge is 2.58. The molecule has 12 unspecified atom stereocenters. The highest BCUT2D eigenvalue weighted by molar-refractivity contribution is 5.68. The highest BCUT2D eigenvalue weighted by atomic mass is 16.8. The van der Waals surface area contributed by atoms with Gasteiger partial charge in [0.25, 0.3) is 0 Å². The standard InChI is InChI=1S/C79H112N10O23/c1-16-57-64(44(6)60(83-86-80)73(104-57)95-38-30-22-29-37-89(39-54-31-23-19-24-32-54)79(94)97-41-56-35-27-21-28-36-56)108-76-68(101-51(13)91)47(9)63(48(10)98-76)107-74-61(84-87-81)45(7)66(59(18-3)105-74)110-78-71(102-52(14)92)70(96-40-55-33-25-20-26-34-55)69(49(11)99-78)111-75-62(85-88-82)46(8)65(58(17-2)106-75)109-77-67(100-50(12)90)42(4)43(5)72(112-77)103-53(15)93/h19-21,23-28,31-36,42-49,57-78H,16-18,22,29-30,37-41H2,1-15H3/t42?,43-,44?,45+,46?,47?,48-,49?,57-,58-,59?,60?,61?,62?,63-,64-,65-,66-,67?,68?,69+,70+,71?,72+,73-,74+,75+,76-,77+,78-/m0/s1. The number of amides is 1. The summed E-state index contributed by atoms with van der Waals surface area (Å²) in [4.78, 5) is 76.2. The summed E-state index contributed by atoms with van der Waals surface area (Å²) in [6.07, 6.45) is -18.9. The number of hydrogen-bond donors (Lipinski definition) is 0. The molecule has 9 rings (SSSR count). The van der Waals surface area contributed by atoms with E-state index in [-0.39, 0.29) is 19.8 Å². The number of ether oxygens (including phenoxy) is 18. The summed E-state index contributed by atoms with van der Waals surface area (Å²) in [5.74, 6) is -5.91. The summed E-state index contributed by atoms with van der Waals surface area (Å²) in [5, 5.41) is 12.6. The molecule has 30 atom stereocenters. The molecule has 33 nitrogen and oxygen atoms in total. The summed E-state index contributed by atoms with van der Waals surface area (Å²) in [7, 11) is 0. The van der Waals surface area contributed by atoms with Crippen molar-refractivity contribution in [2.75, 3.05) is 13.2 Å². The molecule has 6 heterocycles. The van der Waals surface area contributed by atoms with Gasteiger partial charge in [-0.25, -0.2) is 4.79 Å². The fraction of sp³-hybridized carbons (Fsp3) is 0.709. The molecule has 6 saturated heterocycles. The van der Waals surface area contributed by atoms with E-state index in [2.05, 4.69) is 30.1 Å². The van der Waals surface area contributed by atoms with E-state index in [1.54, 1.807) is 25.7 Å². The molecule has 0 saturated carbocycles. The third-order valence-corrected chi connectivity index (χ3v) is 21.9. The van der Waals surface area contributed by atoms with E-state index >= 15 is 0 Å². The number of carbonyl (C=O) groups is 5. The molecule has 0 aliphatic carbocycles. The summed E-state index contributed by atoms with van der Waals surface area (Å²) in [6, 6.07) is 25.5. The molecule has 3 aromatic carbocycles. The average Bonchev–Trinajstić information content (AvgIpc) is 0.767. The molecule has 0 bridgehead atoms. The van der Waals surface area contributed by atoms with Crippen molar-refractivity contribution in [2.45, 2.75) is 310 Å². The minimum Gasteiger partial charge on any atom is -0.457 e. The predicted octanol–water partition coefficient (Wildman–Crippen LogP) is 13.3. The zero-order chi connectivity index (χ0) is 80.9. The van der Waals surface area contributed by atoms with Crippen molar-refractivity contribution in [1.29, 1.82) is 0 Å². The summed E-state index contributed by atoms with van der Waals surface area (Å²) in [5.41, 5.74) is 33.1. The van der Waals surface area contributed by atoms with Crippen LogP contribution in [0, 0.1) is 35.5 Å². The van der Waals surface area contributed by atoms with Crippen LogP contribution in [0.5, 0.6) is 0 Å². The fourth-order valence-electron chi connectivity index (χ4n) is 15.7. The number of nitrogens with zero attached hydrogens (tertiary/aromatic N) is 10. The van der Waals surface area contributed by atoms with Crippen LogP contribution >= 0.6 is 0 Å². The molecular weight excluding hydrogens is 1460 g/mol. The van der Waals surface area contributed by atoms with Crippen molar-refractivity contribution >= 4 is 30.0 Å². The second-order valence-corrected chi connectivity index (χ2v) is 29.9. The molecule has 6 fully saturated rings. The minimum absolute atomic E-state index is 0.0146.